The van der Waals surface area contributed by atoms with Gasteiger partial charge in [-0.05, 0) is 37.6 Å². The molecule has 0 saturated carbocycles. The molecule has 9 heteroatoms. The zero-order valence-corrected chi connectivity index (χ0v) is 16.1. The standard InChI is InChI=1S/C17H20ClN2O5P/c1-3-24-26(23,25-4-2)17(13-8-10-14(18)11-9-13)19-15-6-5-7-16(12-15)20(21)22/h5-12,17,19H,3-4H2,1-2H3. The molecule has 26 heavy (non-hydrogen) atoms. The van der Waals surface area contributed by atoms with Crippen LogP contribution in [0.4, 0.5) is 11.4 Å². The molecule has 0 aliphatic heterocycles. The molecule has 140 valence electrons. The molecule has 0 fully saturated rings. The molecule has 2 aromatic rings. The Morgan fingerprint density at radius 1 is 1.15 bits per heavy atom. The topological polar surface area (TPSA) is 90.7 Å². The fourth-order valence-electron chi connectivity index (χ4n) is 2.40. The van der Waals surface area contributed by atoms with E-state index in [1.54, 1.807) is 50.2 Å². The SMILES string of the molecule is CCOP(=O)(OCC)C(Nc1cccc([N+](=O)[O-])c1)c1ccc(Cl)cc1. The Morgan fingerprint density at radius 2 is 1.77 bits per heavy atom. The fourth-order valence-corrected chi connectivity index (χ4v) is 4.47. The molecule has 1 unspecified atom stereocenters. The number of non-ortho nitro benzene ring substituents is 1. The van der Waals surface area contributed by atoms with Gasteiger partial charge in [0.25, 0.3) is 5.69 Å². The lowest BCUT2D eigenvalue weighted by atomic mass is 10.2. The van der Waals surface area contributed by atoms with Crippen molar-refractivity contribution in [3.05, 3.63) is 69.2 Å². The molecule has 0 spiro atoms. The van der Waals surface area contributed by atoms with Crippen molar-refractivity contribution in [2.45, 2.75) is 19.6 Å². The van der Waals surface area contributed by atoms with Crippen molar-refractivity contribution in [2.75, 3.05) is 18.5 Å². The number of hydrogen-bond donors (Lipinski definition) is 1. The van der Waals surface area contributed by atoms with Crippen LogP contribution in [0.1, 0.15) is 25.2 Å². The van der Waals surface area contributed by atoms with Crippen molar-refractivity contribution in [1.82, 2.24) is 0 Å². The van der Waals surface area contributed by atoms with Crippen LogP contribution < -0.4 is 5.32 Å². The molecule has 0 saturated heterocycles. The lowest BCUT2D eigenvalue weighted by Gasteiger charge is -2.28. The molecule has 7 nitrogen and oxygen atoms in total. The van der Waals surface area contributed by atoms with Crippen LogP contribution in [0.5, 0.6) is 0 Å². The summed E-state index contributed by atoms with van der Waals surface area (Å²) in [5.41, 5.74) is 0.984. The quantitative estimate of drug-likeness (QED) is 0.334. The van der Waals surface area contributed by atoms with Crippen LogP contribution in [0.3, 0.4) is 0 Å². The molecule has 0 aliphatic carbocycles. The van der Waals surface area contributed by atoms with Gasteiger partial charge < -0.3 is 14.4 Å². The van der Waals surface area contributed by atoms with Crippen LogP contribution in [0.2, 0.25) is 5.02 Å². The van der Waals surface area contributed by atoms with Gasteiger partial charge in [0.05, 0.1) is 18.1 Å². The van der Waals surface area contributed by atoms with Gasteiger partial charge in [0.15, 0.2) is 5.78 Å². The van der Waals surface area contributed by atoms with Crippen LogP contribution in [0.25, 0.3) is 0 Å². The first-order valence-electron chi connectivity index (χ1n) is 8.05. The van der Waals surface area contributed by atoms with E-state index in [9.17, 15) is 14.7 Å². The van der Waals surface area contributed by atoms with Gasteiger partial charge in [-0.1, -0.05) is 29.8 Å². The van der Waals surface area contributed by atoms with Crippen molar-refractivity contribution >= 4 is 30.6 Å². The molecule has 2 rings (SSSR count). The monoisotopic (exact) mass is 398 g/mol. The van der Waals surface area contributed by atoms with E-state index in [2.05, 4.69) is 5.32 Å². The van der Waals surface area contributed by atoms with Gasteiger partial charge in [-0.3, -0.25) is 14.7 Å². The molecule has 0 aromatic heterocycles. The number of hydrogen-bond acceptors (Lipinski definition) is 6. The zero-order chi connectivity index (χ0) is 19.2. The van der Waals surface area contributed by atoms with E-state index in [0.717, 1.165) is 0 Å². The van der Waals surface area contributed by atoms with Gasteiger partial charge >= 0.3 is 7.60 Å². The summed E-state index contributed by atoms with van der Waals surface area (Å²) in [6.45, 7) is 3.83. The summed E-state index contributed by atoms with van der Waals surface area (Å²) in [6.07, 6.45) is 0. The zero-order valence-electron chi connectivity index (χ0n) is 14.4. The highest BCUT2D eigenvalue weighted by atomic mass is 35.5. The van der Waals surface area contributed by atoms with E-state index in [4.69, 9.17) is 20.6 Å². The summed E-state index contributed by atoms with van der Waals surface area (Å²) in [4.78, 5) is 10.5. The van der Waals surface area contributed by atoms with E-state index >= 15 is 0 Å². The van der Waals surface area contributed by atoms with Crippen molar-refractivity contribution in [3.63, 3.8) is 0 Å². The summed E-state index contributed by atoms with van der Waals surface area (Å²) in [6, 6.07) is 12.7. The van der Waals surface area contributed by atoms with Crippen LogP contribution in [0.15, 0.2) is 48.5 Å². The Bertz CT molecular complexity index is 790. The minimum Gasteiger partial charge on any atom is -0.368 e. The van der Waals surface area contributed by atoms with Crippen LogP contribution in [-0.4, -0.2) is 18.1 Å². The molecular formula is C17H20ClN2O5P. The van der Waals surface area contributed by atoms with Gasteiger partial charge in [0.2, 0.25) is 0 Å². The summed E-state index contributed by atoms with van der Waals surface area (Å²) in [7, 11) is -3.59. The lowest BCUT2D eigenvalue weighted by Crippen LogP contribution is -2.15. The minimum absolute atomic E-state index is 0.0764. The molecule has 1 N–H and O–H groups in total. The summed E-state index contributed by atoms with van der Waals surface area (Å²) < 4.78 is 24.3. The van der Waals surface area contributed by atoms with E-state index in [-0.39, 0.29) is 18.9 Å². The highest BCUT2D eigenvalue weighted by Crippen LogP contribution is 2.60. The third kappa shape index (κ3) is 5.05. The average Bonchev–Trinajstić information content (AvgIpc) is 2.61. The van der Waals surface area contributed by atoms with Crippen LogP contribution in [-0.2, 0) is 13.6 Å². The number of nitro groups is 1. The second-order valence-corrected chi connectivity index (χ2v) is 7.83. The maximum Gasteiger partial charge on any atom is 0.357 e. The van der Waals surface area contributed by atoms with Crippen molar-refractivity contribution in [1.29, 1.82) is 0 Å². The normalized spacial score (nSPS) is 12.6. The molecular weight excluding hydrogens is 379 g/mol. The first kappa shape index (κ1) is 20.4. The largest absolute Gasteiger partial charge is 0.368 e. The maximum atomic E-state index is 13.3. The lowest BCUT2D eigenvalue weighted by molar-refractivity contribution is -0.384. The minimum atomic E-state index is -3.59. The Labute approximate surface area is 157 Å². The van der Waals surface area contributed by atoms with Crippen LogP contribution >= 0.6 is 19.2 Å². The smallest absolute Gasteiger partial charge is 0.357 e. The number of nitrogens with one attached hydrogen (secondary N) is 1. The molecule has 1 atom stereocenters. The van der Waals surface area contributed by atoms with Crippen molar-refractivity contribution in [3.8, 4) is 0 Å². The third-order valence-electron chi connectivity index (χ3n) is 3.48. The molecule has 0 radical (unpaired) electrons. The van der Waals surface area contributed by atoms with Gasteiger partial charge in [-0.25, -0.2) is 0 Å². The predicted molar refractivity (Wildman–Crippen MR) is 102 cm³/mol. The van der Waals surface area contributed by atoms with Gasteiger partial charge in [0.1, 0.15) is 0 Å². The first-order chi connectivity index (χ1) is 12.4. The second-order valence-electron chi connectivity index (χ2n) is 5.28. The van der Waals surface area contributed by atoms with Crippen LogP contribution in [0, 0.1) is 10.1 Å². The highest BCUT2D eigenvalue weighted by molar-refractivity contribution is 7.54. The third-order valence-corrected chi connectivity index (χ3v) is 6.03. The first-order valence-corrected chi connectivity index (χ1v) is 10.0. The Morgan fingerprint density at radius 3 is 2.31 bits per heavy atom. The molecule has 0 heterocycles. The van der Waals surface area contributed by atoms with E-state index in [1.807, 2.05) is 0 Å². The van der Waals surface area contributed by atoms with Gasteiger partial charge in [0, 0.05) is 22.8 Å². The van der Waals surface area contributed by atoms with E-state index in [0.29, 0.717) is 16.3 Å². The number of benzene rings is 2. The molecule has 0 bridgehead atoms. The van der Waals surface area contributed by atoms with Gasteiger partial charge in [-0.15, -0.1) is 0 Å². The van der Waals surface area contributed by atoms with Crippen molar-refractivity contribution < 1.29 is 18.5 Å². The Balaban J connectivity index is 2.46. The Hall–Kier alpha value is -1.92. The Kier molecular flexibility index (Phi) is 7.17. The number of halogens is 1. The predicted octanol–water partition coefficient (Wildman–Crippen LogP) is 5.63. The fraction of sp³-hybridized carbons (Fsp3) is 0.294. The maximum absolute atomic E-state index is 13.3. The average molecular weight is 399 g/mol. The molecule has 2 aromatic carbocycles. The summed E-state index contributed by atoms with van der Waals surface area (Å²) in [5.74, 6) is -0.846. The molecule has 0 aliphatic rings. The number of rotatable bonds is 9. The summed E-state index contributed by atoms with van der Waals surface area (Å²) in [5, 5.41) is 14.6. The van der Waals surface area contributed by atoms with E-state index < -0.39 is 18.3 Å². The summed E-state index contributed by atoms with van der Waals surface area (Å²) >= 11 is 5.94. The van der Waals surface area contributed by atoms with E-state index in [1.165, 1.54) is 12.1 Å². The number of nitrogens with zero attached hydrogens (tertiary/aromatic N) is 1. The van der Waals surface area contributed by atoms with Gasteiger partial charge in [-0.2, -0.15) is 0 Å². The number of anilines is 1. The molecule has 0 amide bonds. The highest BCUT2D eigenvalue weighted by Gasteiger charge is 2.37. The second kappa shape index (κ2) is 9.14. The number of nitro benzene ring substituents is 1. The van der Waals surface area contributed by atoms with Crippen molar-refractivity contribution in [2.24, 2.45) is 0 Å².